The lowest BCUT2D eigenvalue weighted by atomic mass is 9.90. The fourth-order valence-electron chi connectivity index (χ4n) is 1.21. The van der Waals surface area contributed by atoms with Crippen LogP contribution < -0.4 is 0 Å². The van der Waals surface area contributed by atoms with Crippen molar-refractivity contribution in [2.24, 2.45) is 11.3 Å². The Labute approximate surface area is 88.7 Å². The minimum Gasteiger partial charge on any atom is -0.299 e. The summed E-state index contributed by atoms with van der Waals surface area (Å²) in [6.45, 7) is 11.9. The molecule has 0 aromatic heterocycles. The third kappa shape index (κ3) is 5.38. The summed E-state index contributed by atoms with van der Waals surface area (Å²) in [5.41, 5.74) is -0.205. The normalized spacial score (nSPS) is 14.5. The molecule has 14 heavy (non-hydrogen) atoms. The maximum Gasteiger partial charge on any atom is 0.152 e. The van der Waals surface area contributed by atoms with Crippen LogP contribution in [0.3, 0.4) is 0 Å². The number of carbonyl (C=O) groups is 1. The van der Waals surface area contributed by atoms with Gasteiger partial charge < -0.3 is 0 Å². The average molecular weight is 199 g/mol. The number of hydrogen-bond acceptors (Lipinski definition) is 2. The molecule has 0 spiro atoms. The number of nitrogens with zero attached hydrogens (tertiary/aromatic N) is 1. The highest BCUT2D eigenvalue weighted by Gasteiger charge is 2.22. The van der Waals surface area contributed by atoms with Gasteiger partial charge in [0.2, 0.25) is 0 Å². The molecule has 1 unspecified atom stereocenters. The minimum atomic E-state index is -0.205. The smallest absolute Gasteiger partial charge is 0.152 e. The largest absolute Gasteiger partial charge is 0.299 e. The summed E-state index contributed by atoms with van der Waals surface area (Å²) >= 11 is 0. The summed E-state index contributed by atoms with van der Waals surface area (Å²) < 4.78 is 0. The van der Waals surface area contributed by atoms with E-state index in [4.69, 9.17) is 0 Å². The van der Waals surface area contributed by atoms with Crippen molar-refractivity contribution in [1.82, 2.24) is 4.90 Å². The Hall–Kier alpha value is -0.370. The fourth-order valence-corrected chi connectivity index (χ4v) is 1.21. The van der Waals surface area contributed by atoms with Gasteiger partial charge in [-0.2, -0.15) is 0 Å². The average Bonchev–Trinajstić information content (AvgIpc) is 2.02. The summed E-state index contributed by atoms with van der Waals surface area (Å²) in [5, 5.41) is 0. The maximum atomic E-state index is 11.7. The van der Waals surface area contributed by atoms with Crippen LogP contribution >= 0.6 is 0 Å². The summed E-state index contributed by atoms with van der Waals surface area (Å²) in [5.74, 6) is 0.996. The summed E-state index contributed by atoms with van der Waals surface area (Å²) in [6, 6.07) is 0. The Morgan fingerprint density at radius 2 is 1.86 bits per heavy atom. The van der Waals surface area contributed by atoms with Gasteiger partial charge in [0, 0.05) is 12.0 Å². The van der Waals surface area contributed by atoms with Crippen LogP contribution in [0.4, 0.5) is 0 Å². The van der Waals surface area contributed by atoms with Crippen molar-refractivity contribution in [1.29, 1.82) is 0 Å². The second-order valence-electron chi connectivity index (χ2n) is 5.38. The van der Waals surface area contributed by atoms with E-state index in [9.17, 15) is 4.79 Å². The Morgan fingerprint density at radius 3 is 2.21 bits per heavy atom. The molecule has 0 saturated heterocycles. The van der Waals surface area contributed by atoms with Crippen molar-refractivity contribution >= 4 is 5.78 Å². The van der Waals surface area contributed by atoms with E-state index in [0.717, 1.165) is 6.54 Å². The first kappa shape index (κ1) is 13.6. The van der Waals surface area contributed by atoms with Gasteiger partial charge in [0.05, 0.1) is 6.54 Å². The molecular formula is C12H25NO. The molecule has 0 aromatic rings. The molecule has 0 fully saturated rings. The highest BCUT2D eigenvalue weighted by molar-refractivity contribution is 5.85. The van der Waals surface area contributed by atoms with Gasteiger partial charge in [-0.05, 0) is 13.0 Å². The van der Waals surface area contributed by atoms with Crippen LogP contribution in [0, 0.1) is 11.3 Å². The number of carbonyl (C=O) groups excluding carboxylic acids is 1. The van der Waals surface area contributed by atoms with Crippen molar-refractivity contribution in [2.45, 2.75) is 41.0 Å². The molecule has 0 aromatic carbocycles. The predicted molar refractivity (Wildman–Crippen MR) is 61.4 cm³/mol. The lowest BCUT2D eigenvalue weighted by Crippen LogP contribution is -2.35. The molecule has 2 heteroatoms. The number of Topliss-reactive ketones (excluding diaryl/α,β-unsaturated/α-hetero) is 1. The zero-order chi connectivity index (χ0) is 11.4. The molecule has 0 aliphatic rings. The highest BCUT2D eigenvalue weighted by atomic mass is 16.1. The molecule has 0 rings (SSSR count). The molecular weight excluding hydrogens is 174 g/mol. The molecule has 0 heterocycles. The van der Waals surface area contributed by atoms with Crippen LogP contribution in [0.25, 0.3) is 0 Å². The van der Waals surface area contributed by atoms with Crippen molar-refractivity contribution in [3.05, 3.63) is 0 Å². The van der Waals surface area contributed by atoms with Crippen LogP contribution in [0.1, 0.15) is 41.0 Å². The van der Waals surface area contributed by atoms with E-state index in [1.807, 2.05) is 27.8 Å². The Bertz CT molecular complexity index is 181. The van der Waals surface area contributed by atoms with Gasteiger partial charge in [-0.15, -0.1) is 0 Å². The zero-order valence-corrected chi connectivity index (χ0v) is 10.6. The van der Waals surface area contributed by atoms with Crippen LogP contribution in [0.5, 0.6) is 0 Å². The minimum absolute atomic E-state index is 0.205. The Kier molecular flexibility index (Phi) is 5.35. The van der Waals surface area contributed by atoms with E-state index in [1.165, 1.54) is 6.42 Å². The van der Waals surface area contributed by atoms with Crippen LogP contribution in [0.15, 0.2) is 0 Å². The lowest BCUT2D eigenvalue weighted by Gasteiger charge is -2.24. The molecule has 0 bridgehead atoms. The first-order valence-corrected chi connectivity index (χ1v) is 5.49. The third-order valence-electron chi connectivity index (χ3n) is 2.57. The lowest BCUT2D eigenvalue weighted by molar-refractivity contribution is -0.127. The van der Waals surface area contributed by atoms with Gasteiger partial charge in [-0.25, -0.2) is 0 Å². The standard InChI is InChI=1S/C12H25NO/c1-7-10(2)8-13(6)9-11(14)12(3,4)5/h10H,7-9H2,1-6H3. The first-order chi connectivity index (χ1) is 6.27. The van der Waals surface area contributed by atoms with E-state index < -0.39 is 0 Å². The molecule has 0 saturated carbocycles. The zero-order valence-electron chi connectivity index (χ0n) is 10.6. The highest BCUT2D eigenvalue weighted by Crippen LogP contribution is 2.15. The number of ketones is 1. The maximum absolute atomic E-state index is 11.7. The Balaban J connectivity index is 3.95. The van der Waals surface area contributed by atoms with Crippen LogP contribution in [-0.2, 0) is 4.79 Å². The van der Waals surface area contributed by atoms with Crippen molar-refractivity contribution < 1.29 is 4.79 Å². The van der Waals surface area contributed by atoms with E-state index in [0.29, 0.717) is 18.2 Å². The topological polar surface area (TPSA) is 20.3 Å². The quantitative estimate of drug-likeness (QED) is 0.678. The van der Waals surface area contributed by atoms with E-state index in [1.54, 1.807) is 0 Å². The van der Waals surface area contributed by atoms with Gasteiger partial charge in [0.25, 0.3) is 0 Å². The Morgan fingerprint density at radius 1 is 1.36 bits per heavy atom. The van der Waals surface area contributed by atoms with Gasteiger partial charge >= 0.3 is 0 Å². The van der Waals surface area contributed by atoms with E-state index >= 15 is 0 Å². The SMILES string of the molecule is CCC(C)CN(C)CC(=O)C(C)(C)C. The molecule has 0 radical (unpaired) electrons. The number of likely N-dealkylation sites (N-methyl/N-ethyl adjacent to an activating group) is 1. The second kappa shape index (κ2) is 5.50. The number of hydrogen-bond donors (Lipinski definition) is 0. The second-order valence-corrected chi connectivity index (χ2v) is 5.38. The molecule has 0 N–H and O–H groups in total. The molecule has 0 amide bonds. The molecule has 1 atom stereocenters. The molecule has 0 aliphatic heterocycles. The van der Waals surface area contributed by atoms with E-state index in [-0.39, 0.29) is 5.41 Å². The first-order valence-electron chi connectivity index (χ1n) is 5.49. The van der Waals surface area contributed by atoms with Crippen molar-refractivity contribution in [2.75, 3.05) is 20.1 Å². The van der Waals surface area contributed by atoms with Crippen LogP contribution in [0.2, 0.25) is 0 Å². The summed E-state index contributed by atoms with van der Waals surface area (Å²) in [7, 11) is 2.02. The van der Waals surface area contributed by atoms with Crippen LogP contribution in [-0.4, -0.2) is 30.8 Å². The molecule has 2 nitrogen and oxygen atoms in total. The summed E-state index contributed by atoms with van der Waals surface area (Å²) in [6.07, 6.45) is 1.17. The fraction of sp³-hybridized carbons (Fsp3) is 0.917. The van der Waals surface area contributed by atoms with Crippen molar-refractivity contribution in [3.8, 4) is 0 Å². The van der Waals surface area contributed by atoms with Gasteiger partial charge in [0.1, 0.15) is 0 Å². The predicted octanol–water partition coefficient (Wildman–Crippen LogP) is 2.58. The van der Waals surface area contributed by atoms with E-state index in [2.05, 4.69) is 18.7 Å². The van der Waals surface area contributed by atoms with Gasteiger partial charge in [0.15, 0.2) is 5.78 Å². The monoisotopic (exact) mass is 199 g/mol. The number of rotatable bonds is 5. The molecule has 84 valence electrons. The summed E-state index contributed by atoms with van der Waals surface area (Å²) in [4.78, 5) is 13.8. The third-order valence-corrected chi connectivity index (χ3v) is 2.57. The van der Waals surface area contributed by atoms with Gasteiger partial charge in [-0.1, -0.05) is 41.0 Å². The molecule has 0 aliphatic carbocycles. The van der Waals surface area contributed by atoms with Crippen molar-refractivity contribution in [3.63, 3.8) is 0 Å². The van der Waals surface area contributed by atoms with Gasteiger partial charge in [-0.3, -0.25) is 9.69 Å².